The van der Waals surface area contributed by atoms with E-state index in [0.29, 0.717) is 37.7 Å². The zero-order valence-corrected chi connectivity index (χ0v) is 17.6. The fourth-order valence-corrected chi connectivity index (χ4v) is 3.36. The first-order chi connectivity index (χ1) is 12.6. The summed E-state index contributed by atoms with van der Waals surface area (Å²) in [6.45, 7) is 10.1. The molecular formula is C20H31ClN4O2. The lowest BCUT2D eigenvalue weighted by Gasteiger charge is -2.35. The highest BCUT2D eigenvalue weighted by Crippen LogP contribution is 2.12. The number of nitrogens with zero attached hydrogens (tertiary/aromatic N) is 3. The zero-order chi connectivity index (χ0) is 20.0. The van der Waals surface area contributed by atoms with Crippen LogP contribution in [0.2, 0.25) is 5.02 Å². The number of likely N-dealkylation sites (N-methyl/N-ethyl adjacent to an activating group) is 1. The van der Waals surface area contributed by atoms with Gasteiger partial charge in [0.15, 0.2) is 0 Å². The van der Waals surface area contributed by atoms with E-state index >= 15 is 0 Å². The van der Waals surface area contributed by atoms with Crippen LogP contribution in [0.5, 0.6) is 0 Å². The van der Waals surface area contributed by atoms with Crippen LogP contribution in [0.4, 0.5) is 0 Å². The van der Waals surface area contributed by atoms with Gasteiger partial charge in [0.25, 0.3) is 0 Å². The summed E-state index contributed by atoms with van der Waals surface area (Å²) in [6, 6.07) is 7.69. The molecule has 0 aromatic heterocycles. The first-order valence-electron chi connectivity index (χ1n) is 9.36. The quantitative estimate of drug-likeness (QED) is 0.799. The third-order valence-corrected chi connectivity index (χ3v) is 4.59. The first kappa shape index (κ1) is 21.7. The Bertz CT molecular complexity index is 652. The number of hydrogen-bond donors (Lipinski definition) is 1. The highest BCUT2D eigenvalue weighted by molar-refractivity contribution is 6.30. The van der Waals surface area contributed by atoms with Crippen LogP contribution >= 0.6 is 11.6 Å². The van der Waals surface area contributed by atoms with Crippen molar-refractivity contribution in [3.05, 3.63) is 34.9 Å². The van der Waals surface area contributed by atoms with Gasteiger partial charge in [0.1, 0.15) is 0 Å². The van der Waals surface area contributed by atoms with Crippen molar-refractivity contribution in [2.75, 3.05) is 46.3 Å². The van der Waals surface area contributed by atoms with Crippen LogP contribution in [0.3, 0.4) is 0 Å². The molecule has 1 aliphatic rings. The van der Waals surface area contributed by atoms with Crippen LogP contribution in [0.1, 0.15) is 26.3 Å². The van der Waals surface area contributed by atoms with Crippen molar-refractivity contribution >= 4 is 23.4 Å². The maximum atomic E-state index is 12.5. The molecule has 2 amide bonds. The molecule has 6 nitrogen and oxygen atoms in total. The molecule has 1 N–H and O–H groups in total. The van der Waals surface area contributed by atoms with Gasteiger partial charge in [-0.1, -0.05) is 23.7 Å². The van der Waals surface area contributed by atoms with Crippen molar-refractivity contribution in [3.8, 4) is 0 Å². The van der Waals surface area contributed by atoms with Crippen LogP contribution < -0.4 is 5.32 Å². The molecule has 1 fully saturated rings. The normalized spacial score (nSPS) is 15.9. The third-order valence-electron chi connectivity index (χ3n) is 4.35. The summed E-state index contributed by atoms with van der Waals surface area (Å²) in [7, 11) is 1.94. The molecule has 1 heterocycles. The van der Waals surface area contributed by atoms with E-state index in [0.717, 1.165) is 18.7 Å². The monoisotopic (exact) mass is 394 g/mol. The Labute approximate surface area is 167 Å². The Balaban J connectivity index is 1.73. The van der Waals surface area contributed by atoms with E-state index in [9.17, 15) is 9.59 Å². The largest absolute Gasteiger partial charge is 0.350 e. The summed E-state index contributed by atoms with van der Waals surface area (Å²) in [4.78, 5) is 30.6. The van der Waals surface area contributed by atoms with Crippen molar-refractivity contribution in [2.45, 2.75) is 32.9 Å². The third kappa shape index (κ3) is 7.87. The number of carbonyl (C=O) groups excluding carboxylic acids is 2. The van der Waals surface area contributed by atoms with Crippen molar-refractivity contribution in [2.24, 2.45) is 0 Å². The maximum Gasteiger partial charge on any atom is 0.236 e. The van der Waals surface area contributed by atoms with E-state index in [-0.39, 0.29) is 17.4 Å². The number of rotatable bonds is 6. The number of nitrogens with one attached hydrogen (secondary N) is 1. The Morgan fingerprint density at radius 3 is 2.44 bits per heavy atom. The predicted molar refractivity (Wildman–Crippen MR) is 109 cm³/mol. The molecule has 1 saturated heterocycles. The van der Waals surface area contributed by atoms with Crippen molar-refractivity contribution < 1.29 is 9.59 Å². The molecule has 0 bridgehead atoms. The second-order valence-corrected chi connectivity index (χ2v) is 8.69. The standard InChI is InChI=1S/C20H31ClN4O2/c1-20(2,3)22-18(26)14-24-8-10-25(11-9-24)19(27)15-23(4)13-16-6-5-7-17(21)12-16/h5-7,12H,8-11,13-15H2,1-4H3,(H,22,26). The van der Waals surface area contributed by atoms with Crippen molar-refractivity contribution in [1.29, 1.82) is 0 Å². The van der Waals surface area contributed by atoms with Gasteiger partial charge in [-0.3, -0.25) is 19.4 Å². The number of benzene rings is 1. The maximum absolute atomic E-state index is 12.5. The van der Waals surface area contributed by atoms with Gasteiger partial charge in [-0.15, -0.1) is 0 Å². The lowest BCUT2D eigenvalue weighted by molar-refractivity contribution is -0.134. The molecule has 27 heavy (non-hydrogen) atoms. The molecule has 0 unspecified atom stereocenters. The molecule has 150 valence electrons. The van der Waals surface area contributed by atoms with Gasteiger partial charge in [-0.25, -0.2) is 0 Å². The van der Waals surface area contributed by atoms with E-state index in [1.807, 2.05) is 61.9 Å². The molecule has 0 atom stereocenters. The summed E-state index contributed by atoms with van der Waals surface area (Å²) in [5.41, 5.74) is 0.870. The minimum Gasteiger partial charge on any atom is -0.350 e. The van der Waals surface area contributed by atoms with Gasteiger partial charge in [0.05, 0.1) is 13.1 Å². The number of carbonyl (C=O) groups is 2. The molecule has 0 saturated carbocycles. The number of piperazine rings is 1. The van der Waals surface area contributed by atoms with E-state index in [1.54, 1.807) is 0 Å². The molecule has 1 aromatic carbocycles. The van der Waals surface area contributed by atoms with E-state index in [4.69, 9.17) is 11.6 Å². The van der Waals surface area contributed by atoms with Gasteiger partial charge >= 0.3 is 0 Å². The molecular weight excluding hydrogens is 364 g/mol. The fraction of sp³-hybridized carbons (Fsp3) is 0.600. The minimum atomic E-state index is -0.220. The van der Waals surface area contributed by atoms with Gasteiger partial charge in [0.2, 0.25) is 11.8 Å². The lowest BCUT2D eigenvalue weighted by Crippen LogP contribution is -2.54. The van der Waals surface area contributed by atoms with Crippen LogP contribution in [-0.4, -0.2) is 78.4 Å². The lowest BCUT2D eigenvalue weighted by atomic mass is 10.1. The van der Waals surface area contributed by atoms with Crippen LogP contribution in [0.15, 0.2) is 24.3 Å². The van der Waals surface area contributed by atoms with Crippen LogP contribution in [0, 0.1) is 0 Å². The Kier molecular flexibility index (Phi) is 7.65. The second-order valence-electron chi connectivity index (χ2n) is 8.26. The molecule has 0 spiro atoms. The van der Waals surface area contributed by atoms with Crippen LogP contribution in [-0.2, 0) is 16.1 Å². The Hall–Kier alpha value is -1.63. The number of halogens is 1. The van der Waals surface area contributed by atoms with E-state index < -0.39 is 0 Å². The molecule has 1 aliphatic heterocycles. The molecule has 0 aliphatic carbocycles. The van der Waals surface area contributed by atoms with Gasteiger partial charge in [0, 0.05) is 43.3 Å². The van der Waals surface area contributed by atoms with Gasteiger partial charge < -0.3 is 10.2 Å². The van der Waals surface area contributed by atoms with E-state index in [1.165, 1.54) is 0 Å². The SMILES string of the molecule is CN(CC(=O)N1CCN(CC(=O)NC(C)(C)C)CC1)Cc1cccc(Cl)c1. The van der Waals surface area contributed by atoms with Gasteiger partial charge in [-0.2, -0.15) is 0 Å². The molecule has 1 aromatic rings. The summed E-state index contributed by atoms with van der Waals surface area (Å²) in [5, 5.41) is 3.68. The number of hydrogen-bond acceptors (Lipinski definition) is 4. The summed E-state index contributed by atoms with van der Waals surface area (Å²) >= 11 is 6.01. The Morgan fingerprint density at radius 1 is 1.19 bits per heavy atom. The summed E-state index contributed by atoms with van der Waals surface area (Å²) in [6.07, 6.45) is 0. The molecule has 2 rings (SSSR count). The van der Waals surface area contributed by atoms with Crippen molar-refractivity contribution in [1.82, 2.24) is 20.0 Å². The Morgan fingerprint density at radius 2 is 1.85 bits per heavy atom. The van der Waals surface area contributed by atoms with E-state index in [2.05, 4.69) is 10.2 Å². The smallest absolute Gasteiger partial charge is 0.236 e. The highest BCUT2D eigenvalue weighted by Gasteiger charge is 2.24. The van der Waals surface area contributed by atoms with Crippen LogP contribution in [0.25, 0.3) is 0 Å². The fourth-order valence-electron chi connectivity index (χ4n) is 3.15. The molecule has 0 radical (unpaired) electrons. The van der Waals surface area contributed by atoms with Gasteiger partial charge in [-0.05, 0) is 45.5 Å². The minimum absolute atomic E-state index is 0.0310. The predicted octanol–water partition coefficient (Wildman–Crippen LogP) is 1.83. The zero-order valence-electron chi connectivity index (χ0n) is 16.8. The molecule has 7 heteroatoms. The average Bonchev–Trinajstić information content (AvgIpc) is 2.53. The van der Waals surface area contributed by atoms with Crippen molar-refractivity contribution in [3.63, 3.8) is 0 Å². The summed E-state index contributed by atoms with van der Waals surface area (Å²) < 4.78 is 0. The first-order valence-corrected chi connectivity index (χ1v) is 9.74. The second kappa shape index (κ2) is 9.53. The summed E-state index contributed by atoms with van der Waals surface area (Å²) in [5.74, 6) is 0.154. The highest BCUT2D eigenvalue weighted by atomic mass is 35.5. The number of amides is 2. The average molecular weight is 395 g/mol. The topological polar surface area (TPSA) is 55.9 Å².